The normalized spacial score (nSPS) is 17.0. The van der Waals surface area contributed by atoms with Crippen molar-refractivity contribution in [2.75, 3.05) is 68.3 Å². The zero-order valence-electron chi connectivity index (χ0n) is 33.8. The third-order valence-electron chi connectivity index (χ3n) is 10.2. The Bertz CT molecular complexity index is 2030. The molecule has 0 saturated carbocycles. The molecule has 3 amide bonds. The van der Waals surface area contributed by atoms with Crippen molar-refractivity contribution in [3.05, 3.63) is 100 Å². The van der Waals surface area contributed by atoms with Crippen LogP contribution < -0.4 is 16.0 Å². The molecular formula is C40H50Cl3N9O9. The molecule has 3 saturated heterocycles. The van der Waals surface area contributed by atoms with E-state index in [1.165, 1.54) is 73.9 Å². The zero-order valence-corrected chi connectivity index (χ0v) is 36.1. The van der Waals surface area contributed by atoms with Crippen molar-refractivity contribution in [2.45, 2.75) is 70.8 Å². The molecule has 0 aromatic heterocycles. The van der Waals surface area contributed by atoms with Crippen molar-refractivity contribution in [1.82, 2.24) is 14.7 Å². The quantitative estimate of drug-likeness (QED) is 0.115. The molecule has 3 aromatic rings. The van der Waals surface area contributed by atoms with Gasteiger partial charge in [0.2, 0.25) is 17.7 Å². The van der Waals surface area contributed by atoms with Crippen molar-refractivity contribution < 1.29 is 29.2 Å². The van der Waals surface area contributed by atoms with E-state index < -0.39 is 14.8 Å². The summed E-state index contributed by atoms with van der Waals surface area (Å²) in [6.07, 6.45) is 10.3. The molecule has 18 nitrogen and oxygen atoms in total. The van der Waals surface area contributed by atoms with Crippen LogP contribution in [0.5, 0.6) is 0 Å². The molecule has 3 aromatic carbocycles. The minimum Gasteiger partial charge on any atom is -0.324 e. The standard InChI is InChI=1S/2C14H18ClN3O3.C12H14ClN3O3/c1-10-4-2-3-7-17(10)9-14(19)16-13-6-5-11(18(20)21)8-12(13)15;15-12-9-11(18(20)21)5-6-13(12)16-14(19)10-17-7-3-1-2-4-8-17;13-10-7-9(16(18)19)3-4-11(10)14-12(17)8-15-5-1-2-6-15/h5-6,8,10H,2-4,7,9H2,1H3,(H,16,19);5-6,9H,1-4,7-8,10H2,(H,16,19);3-4,7H,1-2,5-6,8H2,(H,14,17). The molecule has 3 N–H and O–H groups in total. The van der Waals surface area contributed by atoms with Gasteiger partial charge in [-0.05, 0) is 96.4 Å². The highest BCUT2D eigenvalue weighted by molar-refractivity contribution is 6.34. The van der Waals surface area contributed by atoms with E-state index in [4.69, 9.17) is 34.8 Å². The molecule has 21 heteroatoms. The maximum Gasteiger partial charge on any atom is 0.271 e. The molecule has 3 heterocycles. The Morgan fingerprint density at radius 1 is 0.541 bits per heavy atom. The Balaban J connectivity index is 0.000000202. The number of likely N-dealkylation sites (tertiary alicyclic amines) is 3. The van der Waals surface area contributed by atoms with Crippen LogP contribution in [0.2, 0.25) is 15.1 Å². The van der Waals surface area contributed by atoms with Crippen LogP contribution in [-0.4, -0.2) is 106 Å². The van der Waals surface area contributed by atoms with Crippen LogP contribution in [0.25, 0.3) is 0 Å². The molecule has 3 aliphatic rings. The molecule has 0 aliphatic carbocycles. The third-order valence-corrected chi connectivity index (χ3v) is 11.2. The highest BCUT2D eigenvalue weighted by Gasteiger charge is 2.22. The van der Waals surface area contributed by atoms with Gasteiger partial charge >= 0.3 is 0 Å². The van der Waals surface area contributed by atoms with Gasteiger partial charge in [0.25, 0.3) is 17.1 Å². The van der Waals surface area contributed by atoms with Crippen LogP contribution in [0.4, 0.5) is 34.1 Å². The van der Waals surface area contributed by atoms with Gasteiger partial charge in [-0.1, -0.05) is 54.1 Å². The molecule has 330 valence electrons. The third kappa shape index (κ3) is 16.4. The molecule has 61 heavy (non-hydrogen) atoms. The van der Waals surface area contributed by atoms with Crippen LogP contribution in [0, 0.1) is 30.3 Å². The van der Waals surface area contributed by atoms with E-state index in [2.05, 4.69) is 37.6 Å². The van der Waals surface area contributed by atoms with Crippen molar-refractivity contribution in [1.29, 1.82) is 0 Å². The van der Waals surface area contributed by atoms with Gasteiger partial charge in [0, 0.05) is 42.4 Å². The average molecular weight is 907 g/mol. The summed E-state index contributed by atoms with van der Waals surface area (Å²) in [5, 5.41) is 40.4. The monoisotopic (exact) mass is 905 g/mol. The first-order chi connectivity index (χ1) is 29.1. The van der Waals surface area contributed by atoms with E-state index in [1.807, 2.05) is 0 Å². The second-order valence-corrected chi connectivity index (χ2v) is 16.1. The van der Waals surface area contributed by atoms with Gasteiger partial charge in [-0.15, -0.1) is 0 Å². The number of nitro benzene ring substituents is 3. The highest BCUT2D eigenvalue weighted by atomic mass is 35.5. The lowest BCUT2D eigenvalue weighted by Gasteiger charge is -2.32. The fraction of sp³-hybridized carbons (Fsp3) is 0.475. The smallest absolute Gasteiger partial charge is 0.271 e. The first-order valence-corrected chi connectivity index (χ1v) is 21.1. The molecule has 6 rings (SSSR count). The van der Waals surface area contributed by atoms with Crippen molar-refractivity contribution in [3.63, 3.8) is 0 Å². The first kappa shape index (κ1) is 48.7. The fourth-order valence-corrected chi connectivity index (χ4v) is 7.61. The summed E-state index contributed by atoms with van der Waals surface area (Å²) in [4.78, 5) is 72.5. The number of amides is 3. The number of nitrogens with zero attached hydrogens (tertiary/aromatic N) is 6. The summed E-state index contributed by atoms with van der Waals surface area (Å²) in [5.74, 6) is -0.454. The molecule has 0 spiro atoms. The Hall–Kier alpha value is -4.98. The van der Waals surface area contributed by atoms with Gasteiger partial charge in [-0.25, -0.2) is 0 Å². The van der Waals surface area contributed by atoms with Gasteiger partial charge in [0.05, 0.1) is 66.5 Å². The van der Waals surface area contributed by atoms with Crippen LogP contribution in [0.1, 0.15) is 64.7 Å². The molecular weight excluding hydrogens is 857 g/mol. The van der Waals surface area contributed by atoms with Crippen molar-refractivity contribution in [3.8, 4) is 0 Å². The summed E-state index contributed by atoms with van der Waals surface area (Å²) in [6, 6.07) is 12.4. The summed E-state index contributed by atoms with van der Waals surface area (Å²) < 4.78 is 0. The Labute approximate surface area is 368 Å². The number of rotatable bonds is 12. The average Bonchev–Trinajstić information content (AvgIpc) is 3.59. The number of nitrogens with one attached hydrogen (secondary N) is 3. The van der Waals surface area contributed by atoms with Crippen LogP contribution in [0.15, 0.2) is 54.6 Å². The first-order valence-electron chi connectivity index (χ1n) is 20.0. The van der Waals surface area contributed by atoms with E-state index in [0.717, 1.165) is 71.2 Å². The number of hydrogen-bond acceptors (Lipinski definition) is 12. The molecule has 0 radical (unpaired) electrons. The topological polar surface area (TPSA) is 226 Å². The van der Waals surface area contributed by atoms with E-state index in [0.29, 0.717) is 42.7 Å². The SMILES string of the molecule is CC1CCCCN1CC(=O)Nc1ccc([N+](=O)[O-])cc1Cl.O=C(CN1CCCC1)Nc1ccc([N+](=O)[O-])cc1Cl.O=C(CN1CCCCCC1)Nc1ccc([N+](=O)[O-])cc1Cl. The molecule has 3 fully saturated rings. The number of benzene rings is 3. The number of carbonyl (C=O) groups excluding carboxylic acids is 3. The number of halogens is 3. The molecule has 1 atom stereocenters. The number of non-ortho nitro benzene ring substituents is 3. The number of carbonyl (C=O) groups is 3. The van der Waals surface area contributed by atoms with Gasteiger partial charge < -0.3 is 16.0 Å². The van der Waals surface area contributed by atoms with Gasteiger partial charge in [0.15, 0.2) is 0 Å². The lowest BCUT2D eigenvalue weighted by molar-refractivity contribution is -0.385. The zero-order chi connectivity index (χ0) is 44.5. The predicted molar refractivity (Wildman–Crippen MR) is 236 cm³/mol. The van der Waals surface area contributed by atoms with E-state index in [-0.39, 0.29) is 49.9 Å². The second kappa shape index (κ2) is 24.5. The summed E-state index contributed by atoms with van der Waals surface area (Å²) in [5.41, 5.74) is 0.922. The Morgan fingerprint density at radius 2 is 0.869 bits per heavy atom. The lowest BCUT2D eigenvalue weighted by atomic mass is 10.0. The Kier molecular flexibility index (Phi) is 19.5. The summed E-state index contributed by atoms with van der Waals surface area (Å²) in [6.45, 7) is 7.73. The van der Waals surface area contributed by atoms with Crippen molar-refractivity contribution >= 4 is 86.6 Å². The molecule has 3 aliphatic heterocycles. The molecule has 1 unspecified atom stereocenters. The maximum absolute atomic E-state index is 12.1. The summed E-state index contributed by atoms with van der Waals surface area (Å²) >= 11 is 17.8. The number of hydrogen-bond donors (Lipinski definition) is 3. The number of piperidine rings is 1. The fourth-order valence-electron chi connectivity index (χ4n) is 6.94. The minimum atomic E-state index is -0.526. The second-order valence-electron chi connectivity index (χ2n) is 14.9. The van der Waals surface area contributed by atoms with E-state index in [1.54, 1.807) is 0 Å². The largest absolute Gasteiger partial charge is 0.324 e. The number of anilines is 3. The highest BCUT2D eigenvalue weighted by Crippen LogP contribution is 2.29. The lowest BCUT2D eigenvalue weighted by Crippen LogP contribution is -2.42. The summed E-state index contributed by atoms with van der Waals surface area (Å²) in [7, 11) is 0. The van der Waals surface area contributed by atoms with Gasteiger partial charge in [-0.3, -0.25) is 59.4 Å². The predicted octanol–water partition coefficient (Wildman–Crippen LogP) is 8.41. The van der Waals surface area contributed by atoms with Crippen LogP contribution in [0.3, 0.4) is 0 Å². The van der Waals surface area contributed by atoms with E-state index >= 15 is 0 Å². The van der Waals surface area contributed by atoms with Crippen LogP contribution in [-0.2, 0) is 14.4 Å². The maximum atomic E-state index is 12.1. The number of nitro groups is 3. The van der Waals surface area contributed by atoms with Crippen molar-refractivity contribution in [2.24, 2.45) is 0 Å². The Morgan fingerprint density at radius 3 is 1.20 bits per heavy atom. The van der Waals surface area contributed by atoms with E-state index in [9.17, 15) is 44.7 Å². The molecule has 0 bridgehead atoms. The van der Waals surface area contributed by atoms with Gasteiger partial charge in [-0.2, -0.15) is 0 Å². The minimum absolute atomic E-state index is 0.0921. The van der Waals surface area contributed by atoms with Gasteiger partial charge in [0.1, 0.15) is 0 Å². The van der Waals surface area contributed by atoms with Crippen LogP contribution >= 0.6 is 34.8 Å².